The van der Waals surface area contributed by atoms with Gasteiger partial charge in [-0.25, -0.2) is 26.7 Å². The van der Waals surface area contributed by atoms with E-state index in [-0.39, 0.29) is 6.61 Å². The van der Waals surface area contributed by atoms with Crippen molar-refractivity contribution < 1.29 is 50.7 Å². The second-order valence-corrected chi connectivity index (χ2v) is 8.09. The Bertz CT molecular complexity index is 1390. The number of aryl methyl sites for hydroxylation is 1. The van der Waals surface area contributed by atoms with E-state index in [2.05, 4.69) is 4.74 Å². The van der Waals surface area contributed by atoms with Gasteiger partial charge in [-0.15, -0.1) is 5.12 Å². The Morgan fingerprint density at radius 2 is 1.44 bits per heavy atom. The largest absolute Gasteiger partial charge is 0.464 e. The molecule has 206 valence electrons. The molecule has 1 unspecified atom stereocenters. The average molecular weight is 554 g/mol. The molecular formula is C26H20F6N2O5. The Balaban J connectivity index is 2.16. The van der Waals surface area contributed by atoms with Gasteiger partial charge in [0.2, 0.25) is 11.9 Å². The Morgan fingerprint density at radius 3 is 2.00 bits per heavy atom. The number of benzene rings is 3. The van der Waals surface area contributed by atoms with E-state index < -0.39 is 81.6 Å². The van der Waals surface area contributed by atoms with Gasteiger partial charge in [0.1, 0.15) is 11.3 Å². The summed E-state index contributed by atoms with van der Waals surface area (Å²) in [5.74, 6) is -17.5. The maximum absolute atomic E-state index is 15.5. The summed E-state index contributed by atoms with van der Waals surface area (Å²) >= 11 is 0. The highest BCUT2D eigenvalue weighted by Gasteiger charge is 2.36. The van der Waals surface area contributed by atoms with Crippen LogP contribution in [0.25, 0.3) is 0 Å². The molecule has 0 aliphatic carbocycles. The number of amides is 2. The van der Waals surface area contributed by atoms with Crippen LogP contribution >= 0.6 is 0 Å². The summed E-state index contributed by atoms with van der Waals surface area (Å²) < 4.78 is 89.5. The molecule has 0 aliphatic heterocycles. The molecule has 0 fully saturated rings. The van der Waals surface area contributed by atoms with E-state index in [0.717, 1.165) is 12.1 Å². The van der Waals surface area contributed by atoms with E-state index in [1.54, 1.807) is 30.3 Å². The third-order valence-corrected chi connectivity index (χ3v) is 5.43. The SMILES string of the molecule is CCOC(=O)C(O)C(=O)N(Cc1ccccc1)c1cc(C)ccc1N(F)C(=O)c1c(F)c(F)c(F)c(F)c1F. The van der Waals surface area contributed by atoms with Crippen molar-refractivity contribution in [3.63, 3.8) is 0 Å². The highest BCUT2D eigenvalue weighted by Crippen LogP contribution is 2.35. The van der Waals surface area contributed by atoms with Crippen LogP contribution in [0.5, 0.6) is 0 Å². The Kier molecular flexibility index (Phi) is 8.96. The van der Waals surface area contributed by atoms with Crippen LogP contribution in [0.1, 0.15) is 28.4 Å². The van der Waals surface area contributed by atoms with Crippen LogP contribution in [-0.2, 0) is 20.9 Å². The van der Waals surface area contributed by atoms with Crippen LogP contribution in [0.15, 0.2) is 48.5 Å². The van der Waals surface area contributed by atoms with Gasteiger partial charge in [0, 0.05) is 0 Å². The highest BCUT2D eigenvalue weighted by molar-refractivity contribution is 6.12. The Morgan fingerprint density at radius 1 is 0.872 bits per heavy atom. The van der Waals surface area contributed by atoms with Crippen LogP contribution in [0.2, 0.25) is 0 Å². The van der Waals surface area contributed by atoms with E-state index in [0.29, 0.717) is 16.0 Å². The minimum atomic E-state index is -2.55. The summed E-state index contributed by atoms with van der Waals surface area (Å²) in [4.78, 5) is 38.7. The number of carbonyl (C=O) groups is 3. The molecule has 0 saturated carbocycles. The first-order valence-electron chi connectivity index (χ1n) is 11.2. The zero-order chi connectivity index (χ0) is 29.0. The molecule has 0 aliphatic rings. The van der Waals surface area contributed by atoms with Crippen molar-refractivity contribution in [2.45, 2.75) is 26.5 Å². The van der Waals surface area contributed by atoms with Gasteiger partial charge in [0.15, 0.2) is 23.3 Å². The van der Waals surface area contributed by atoms with Crippen LogP contribution in [0.3, 0.4) is 0 Å². The lowest BCUT2D eigenvalue weighted by Crippen LogP contribution is -2.44. The second-order valence-electron chi connectivity index (χ2n) is 8.09. The summed E-state index contributed by atoms with van der Waals surface area (Å²) in [6.45, 7) is 2.32. The second kappa shape index (κ2) is 12.0. The fraction of sp³-hybridized carbons (Fsp3) is 0.192. The van der Waals surface area contributed by atoms with E-state index in [9.17, 15) is 41.4 Å². The third-order valence-electron chi connectivity index (χ3n) is 5.43. The van der Waals surface area contributed by atoms with Gasteiger partial charge in [0.25, 0.3) is 11.8 Å². The summed E-state index contributed by atoms with van der Waals surface area (Å²) in [5.41, 5.74) is -2.65. The zero-order valence-electron chi connectivity index (χ0n) is 20.4. The number of nitrogens with zero attached hydrogens (tertiary/aromatic N) is 2. The van der Waals surface area contributed by atoms with E-state index in [4.69, 9.17) is 0 Å². The molecule has 3 rings (SSSR count). The number of anilines is 2. The number of aliphatic hydroxyl groups excluding tert-OH is 1. The molecule has 1 atom stereocenters. The van der Waals surface area contributed by atoms with Gasteiger partial charge in [-0.1, -0.05) is 40.9 Å². The van der Waals surface area contributed by atoms with Crippen molar-refractivity contribution in [1.29, 1.82) is 0 Å². The normalized spacial score (nSPS) is 11.6. The molecule has 1 N–H and O–H groups in total. The summed E-state index contributed by atoms with van der Waals surface area (Å²) in [7, 11) is 0. The van der Waals surface area contributed by atoms with Gasteiger partial charge < -0.3 is 14.7 Å². The number of aliphatic hydroxyl groups is 1. The summed E-state index contributed by atoms with van der Waals surface area (Å²) in [5, 5.41) is 9.41. The molecule has 0 spiro atoms. The van der Waals surface area contributed by atoms with Gasteiger partial charge in [-0.05, 0) is 37.1 Å². The monoisotopic (exact) mass is 554 g/mol. The number of ether oxygens (including phenoxy) is 1. The molecule has 7 nitrogen and oxygen atoms in total. The lowest BCUT2D eigenvalue weighted by atomic mass is 10.1. The lowest BCUT2D eigenvalue weighted by Gasteiger charge is -2.28. The smallest absolute Gasteiger partial charge is 0.344 e. The fourth-order valence-corrected chi connectivity index (χ4v) is 3.53. The fourth-order valence-electron chi connectivity index (χ4n) is 3.53. The van der Waals surface area contributed by atoms with Gasteiger partial charge >= 0.3 is 5.97 Å². The molecule has 0 radical (unpaired) electrons. The van der Waals surface area contributed by atoms with Crippen LogP contribution in [0.4, 0.5) is 37.8 Å². The molecule has 13 heteroatoms. The lowest BCUT2D eigenvalue weighted by molar-refractivity contribution is -0.157. The van der Waals surface area contributed by atoms with Crippen LogP contribution < -0.4 is 10.0 Å². The van der Waals surface area contributed by atoms with Crippen molar-refractivity contribution in [3.05, 3.63) is 94.3 Å². The molecule has 0 saturated heterocycles. The van der Waals surface area contributed by atoms with Gasteiger partial charge in [-0.2, -0.15) is 0 Å². The van der Waals surface area contributed by atoms with Gasteiger partial charge in [-0.3, -0.25) is 9.59 Å². The first kappa shape index (κ1) is 29.2. The van der Waals surface area contributed by atoms with Crippen LogP contribution in [0, 0.1) is 36.0 Å². The van der Waals surface area contributed by atoms with Crippen LogP contribution in [-0.4, -0.2) is 35.6 Å². The number of esters is 1. The number of rotatable bonds is 8. The quantitative estimate of drug-likeness (QED) is 0.109. The minimum Gasteiger partial charge on any atom is -0.464 e. The number of halogens is 6. The topological polar surface area (TPSA) is 87.2 Å². The molecule has 3 aromatic carbocycles. The molecule has 3 aromatic rings. The molecule has 2 amide bonds. The van der Waals surface area contributed by atoms with Crippen molar-refractivity contribution in [2.24, 2.45) is 0 Å². The first-order chi connectivity index (χ1) is 18.4. The highest BCUT2D eigenvalue weighted by atomic mass is 19.2. The number of hydrogen-bond donors (Lipinski definition) is 1. The number of hydrogen-bond acceptors (Lipinski definition) is 5. The first-order valence-corrected chi connectivity index (χ1v) is 11.2. The van der Waals surface area contributed by atoms with E-state index >= 15 is 4.48 Å². The molecule has 39 heavy (non-hydrogen) atoms. The van der Waals surface area contributed by atoms with E-state index in [1.165, 1.54) is 19.9 Å². The van der Waals surface area contributed by atoms with E-state index in [1.807, 2.05) is 0 Å². The minimum absolute atomic E-state index is 0.188. The predicted molar refractivity (Wildman–Crippen MR) is 126 cm³/mol. The summed E-state index contributed by atoms with van der Waals surface area (Å²) in [6.07, 6.45) is -2.39. The molecule has 0 aromatic heterocycles. The zero-order valence-corrected chi connectivity index (χ0v) is 20.4. The average Bonchev–Trinajstić information content (AvgIpc) is 2.93. The van der Waals surface area contributed by atoms with Gasteiger partial charge in [0.05, 0.1) is 18.8 Å². The van der Waals surface area contributed by atoms with Crippen molar-refractivity contribution in [2.75, 3.05) is 16.6 Å². The maximum atomic E-state index is 15.5. The third kappa shape index (κ3) is 5.87. The molecule has 0 bridgehead atoms. The molecular weight excluding hydrogens is 534 g/mol. The Labute approximate surface area is 217 Å². The number of carbonyl (C=O) groups excluding carboxylic acids is 3. The van der Waals surface area contributed by atoms with Crippen molar-refractivity contribution >= 4 is 29.2 Å². The molecule has 0 heterocycles. The van der Waals surface area contributed by atoms with Crippen molar-refractivity contribution in [3.8, 4) is 0 Å². The maximum Gasteiger partial charge on any atom is 0.344 e. The summed E-state index contributed by atoms with van der Waals surface area (Å²) in [6, 6.07) is 11.2. The Hall–Kier alpha value is -4.39. The predicted octanol–water partition coefficient (Wildman–Crippen LogP) is 4.68. The standard InChI is InChI=1S/C26H20F6N2O5/c1-3-39-26(38)23(35)25(37)33(12-14-7-5-4-6-8-14)16-11-13(2)9-10-15(16)34(32)24(36)17-18(27)20(29)22(31)21(30)19(17)28/h4-11,23,35H,3,12H2,1-2H3. The van der Waals surface area contributed by atoms with Crippen molar-refractivity contribution in [1.82, 2.24) is 0 Å².